The molecule has 0 radical (unpaired) electrons. The molecule has 0 aromatic rings. The van der Waals surface area contributed by atoms with E-state index in [-0.39, 0.29) is 18.4 Å². The Morgan fingerprint density at radius 1 is 1.40 bits per heavy atom. The first-order chi connectivity index (χ1) is 7.15. The Kier molecular flexibility index (Phi) is 4.94. The Balaban J connectivity index is 2.50. The maximum absolute atomic E-state index is 11.9. The summed E-state index contributed by atoms with van der Waals surface area (Å²) >= 11 is 1.86. The van der Waals surface area contributed by atoms with Crippen LogP contribution in [0.5, 0.6) is 0 Å². The van der Waals surface area contributed by atoms with Crippen LogP contribution < -0.4 is 0 Å². The number of carbonyl (C=O) groups is 2. The molecule has 1 heterocycles. The normalized spacial score (nSPS) is 17.4. The highest BCUT2D eigenvalue weighted by atomic mass is 32.2. The first-order valence-electron chi connectivity index (χ1n) is 5.23. The fourth-order valence-electron chi connectivity index (χ4n) is 1.71. The number of aliphatic carboxylic acids is 1. The van der Waals surface area contributed by atoms with Gasteiger partial charge >= 0.3 is 5.97 Å². The van der Waals surface area contributed by atoms with Gasteiger partial charge in [-0.15, -0.1) is 0 Å². The molecule has 0 saturated carbocycles. The van der Waals surface area contributed by atoms with Gasteiger partial charge in [0.05, 0.1) is 0 Å². The summed E-state index contributed by atoms with van der Waals surface area (Å²) in [6.45, 7) is 2.13. The number of nitrogens with zero attached hydrogens (tertiary/aromatic N) is 1. The summed E-state index contributed by atoms with van der Waals surface area (Å²) in [5.74, 6) is 1.16. The minimum absolute atomic E-state index is 0.0141. The van der Waals surface area contributed by atoms with Gasteiger partial charge in [-0.1, -0.05) is 0 Å². The predicted octanol–water partition coefficient (Wildman–Crippen LogP) is 1.06. The average molecular weight is 231 g/mol. The predicted molar refractivity (Wildman–Crippen MR) is 59.9 cm³/mol. The Labute approximate surface area is 94.0 Å². The molecule has 0 aliphatic carbocycles. The molecule has 0 unspecified atom stereocenters. The van der Waals surface area contributed by atoms with E-state index in [9.17, 15) is 9.59 Å². The van der Waals surface area contributed by atoms with Crippen LogP contribution in [-0.2, 0) is 9.59 Å². The fourth-order valence-corrected chi connectivity index (χ4v) is 2.82. The first-order valence-corrected chi connectivity index (χ1v) is 6.39. The molecule has 0 atom stereocenters. The number of rotatable bonds is 4. The second-order valence-corrected chi connectivity index (χ2v) is 4.86. The molecule has 1 amide bonds. The molecule has 1 aliphatic rings. The van der Waals surface area contributed by atoms with Crippen molar-refractivity contribution in [3.8, 4) is 0 Å². The summed E-state index contributed by atoms with van der Waals surface area (Å²) in [6.07, 6.45) is 1.78. The van der Waals surface area contributed by atoms with Crippen molar-refractivity contribution in [3.05, 3.63) is 0 Å². The van der Waals surface area contributed by atoms with E-state index in [2.05, 4.69) is 0 Å². The molecule has 1 saturated heterocycles. The van der Waals surface area contributed by atoms with E-state index in [0.29, 0.717) is 6.54 Å². The quantitative estimate of drug-likeness (QED) is 0.786. The van der Waals surface area contributed by atoms with Crippen molar-refractivity contribution in [2.75, 3.05) is 24.6 Å². The first kappa shape index (κ1) is 12.4. The molecule has 1 fully saturated rings. The Morgan fingerprint density at radius 2 is 2.00 bits per heavy atom. The number of likely N-dealkylation sites (N-methyl/N-ethyl adjacent to an activating group) is 1. The zero-order chi connectivity index (χ0) is 11.3. The minimum Gasteiger partial charge on any atom is -0.480 e. The second-order valence-electron chi connectivity index (χ2n) is 3.63. The third kappa shape index (κ3) is 3.74. The Morgan fingerprint density at radius 3 is 2.47 bits per heavy atom. The van der Waals surface area contributed by atoms with E-state index in [4.69, 9.17) is 5.11 Å². The molecule has 1 N–H and O–H groups in total. The molecule has 5 heteroatoms. The van der Waals surface area contributed by atoms with E-state index in [1.54, 1.807) is 0 Å². The molecule has 4 nitrogen and oxygen atoms in total. The highest BCUT2D eigenvalue weighted by Gasteiger charge is 2.26. The van der Waals surface area contributed by atoms with Crippen LogP contribution in [0.2, 0.25) is 0 Å². The zero-order valence-corrected chi connectivity index (χ0v) is 9.76. The topological polar surface area (TPSA) is 57.6 Å². The van der Waals surface area contributed by atoms with Crippen molar-refractivity contribution in [2.24, 2.45) is 5.92 Å². The summed E-state index contributed by atoms with van der Waals surface area (Å²) in [4.78, 5) is 23.9. The smallest absolute Gasteiger partial charge is 0.323 e. The molecule has 1 rings (SSSR count). The zero-order valence-electron chi connectivity index (χ0n) is 8.94. The number of hydrogen-bond acceptors (Lipinski definition) is 3. The summed E-state index contributed by atoms with van der Waals surface area (Å²) < 4.78 is 0. The van der Waals surface area contributed by atoms with E-state index in [1.807, 2.05) is 18.7 Å². The van der Waals surface area contributed by atoms with Gasteiger partial charge in [0.1, 0.15) is 6.54 Å². The van der Waals surface area contributed by atoms with Crippen LogP contribution in [0.25, 0.3) is 0 Å². The maximum Gasteiger partial charge on any atom is 0.323 e. The van der Waals surface area contributed by atoms with E-state index in [0.717, 1.165) is 24.3 Å². The van der Waals surface area contributed by atoms with Crippen LogP contribution in [0.1, 0.15) is 19.8 Å². The Bertz CT molecular complexity index is 239. The number of thioether (sulfide) groups is 1. The monoisotopic (exact) mass is 231 g/mol. The van der Waals surface area contributed by atoms with Gasteiger partial charge in [-0.25, -0.2) is 0 Å². The summed E-state index contributed by atoms with van der Waals surface area (Å²) in [6, 6.07) is 0. The lowest BCUT2D eigenvalue weighted by Crippen LogP contribution is -2.40. The van der Waals surface area contributed by atoms with Gasteiger partial charge in [-0.3, -0.25) is 9.59 Å². The lowest BCUT2D eigenvalue weighted by Gasteiger charge is -2.27. The molecule has 86 valence electrons. The van der Waals surface area contributed by atoms with Crippen LogP contribution in [0, 0.1) is 5.92 Å². The van der Waals surface area contributed by atoms with Crippen molar-refractivity contribution in [3.63, 3.8) is 0 Å². The van der Waals surface area contributed by atoms with E-state index < -0.39 is 5.97 Å². The number of hydrogen-bond donors (Lipinski definition) is 1. The van der Waals surface area contributed by atoms with Gasteiger partial charge in [0.15, 0.2) is 0 Å². The lowest BCUT2D eigenvalue weighted by molar-refractivity contribution is -0.146. The molecule has 15 heavy (non-hydrogen) atoms. The summed E-state index contributed by atoms with van der Waals surface area (Å²) in [7, 11) is 0. The van der Waals surface area contributed by atoms with Crippen LogP contribution in [0.15, 0.2) is 0 Å². The molecule has 0 aromatic heterocycles. The molecule has 1 aliphatic heterocycles. The van der Waals surface area contributed by atoms with Crippen LogP contribution in [-0.4, -0.2) is 46.5 Å². The highest BCUT2D eigenvalue weighted by molar-refractivity contribution is 7.99. The average Bonchev–Trinajstić information content (AvgIpc) is 2.26. The van der Waals surface area contributed by atoms with Crippen molar-refractivity contribution >= 4 is 23.6 Å². The molecule has 0 bridgehead atoms. The van der Waals surface area contributed by atoms with Gasteiger partial charge in [0, 0.05) is 12.5 Å². The SMILES string of the molecule is CCN(CC(=O)O)C(=O)C1CCSCC1. The van der Waals surface area contributed by atoms with E-state index >= 15 is 0 Å². The fraction of sp³-hybridized carbons (Fsp3) is 0.800. The van der Waals surface area contributed by atoms with Crippen LogP contribution in [0.4, 0.5) is 0 Å². The van der Waals surface area contributed by atoms with Crippen LogP contribution >= 0.6 is 11.8 Å². The van der Waals surface area contributed by atoms with Gasteiger partial charge in [-0.2, -0.15) is 11.8 Å². The van der Waals surface area contributed by atoms with E-state index in [1.165, 1.54) is 4.90 Å². The van der Waals surface area contributed by atoms with Gasteiger partial charge in [0.2, 0.25) is 5.91 Å². The number of carboxylic acid groups (broad SMARTS) is 1. The molecule has 0 spiro atoms. The Hall–Kier alpha value is -0.710. The number of amides is 1. The maximum atomic E-state index is 11.9. The summed E-state index contributed by atoms with van der Waals surface area (Å²) in [5, 5.41) is 8.66. The molecular formula is C10H17NO3S. The van der Waals surface area contributed by atoms with Crippen molar-refractivity contribution < 1.29 is 14.7 Å². The third-order valence-electron chi connectivity index (χ3n) is 2.59. The van der Waals surface area contributed by atoms with Gasteiger partial charge < -0.3 is 10.0 Å². The largest absolute Gasteiger partial charge is 0.480 e. The van der Waals surface area contributed by atoms with Crippen molar-refractivity contribution in [1.82, 2.24) is 4.90 Å². The van der Waals surface area contributed by atoms with Crippen molar-refractivity contribution in [1.29, 1.82) is 0 Å². The molecule has 0 aromatic carbocycles. The van der Waals surface area contributed by atoms with Gasteiger partial charge in [-0.05, 0) is 31.3 Å². The van der Waals surface area contributed by atoms with Crippen LogP contribution in [0.3, 0.4) is 0 Å². The number of carbonyl (C=O) groups excluding carboxylic acids is 1. The highest BCUT2D eigenvalue weighted by Crippen LogP contribution is 2.24. The standard InChI is InChI=1S/C10H17NO3S/c1-2-11(7-9(12)13)10(14)8-3-5-15-6-4-8/h8H,2-7H2,1H3,(H,12,13). The van der Waals surface area contributed by atoms with Crippen molar-refractivity contribution in [2.45, 2.75) is 19.8 Å². The molecular weight excluding hydrogens is 214 g/mol. The lowest BCUT2D eigenvalue weighted by atomic mass is 10.0. The van der Waals surface area contributed by atoms with Gasteiger partial charge in [0.25, 0.3) is 0 Å². The second kappa shape index (κ2) is 6.00. The number of carboxylic acids is 1. The summed E-state index contributed by atoms with van der Waals surface area (Å²) in [5.41, 5.74) is 0. The third-order valence-corrected chi connectivity index (χ3v) is 3.64. The minimum atomic E-state index is -0.935.